The number of H-pyrrole nitrogens is 1. The minimum atomic E-state index is -0.258. The molecule has 2 aliphatic heterocycles. The average molecular weight is 574 g/mol. The Balaban J connectivity index is 1.25. The number of rotatable bonds is 4. The summed E-state index contributed by atoms with van der Waals surface area (Å²) in [6.45, 7) is 2.09. The molecule has 0 bridgehead atoms. The number of aromatic amines is 1. The molecule has 2 aliphatic rings. The van der Waals surface area contributed by atoms with E-state index in [2.05, 4.69) is 32.5 Å². The summed E-state index contributed by atoms with van der Waals surface area (Å²) in [5, 5.41) is 11.6. The Kier molecular flexibility index (Phi) is 5.76. The molecule has 0 spiro atoms. The van der Waals surface area contributed by atoms with E-state index in [-0.39, 0.29) is 35.2 Å². The Hall–Kier alpha value is -4.41. The quantitative estimate of drug-likeness (QED) is 0.315. The number of aromatic nitrogens is 6. The summed E-state index contributed by atoms with van der Waals surface area (Å²) in [7, 11) is 0. The van der Waals surface area contributed by atoms with E-state index in [1.807, 2.05) is 24.3 Å². The van der Waals surface area contributed by atoms with E-state index in [0.29, 0.717) is 34.4 Å². The fraction of sp³-hybridized carbons (Fsp3) is 0.179. The number of benzene rings is 2. The van der Waals surface area contributed by atoms with Crippen LogP contribution in [0.5, 0.6) is 5.75 Å². The van der Waals surface area contributed by atoms with Crippen molar-refractivity contribution in [3.63, 3.8) is 0 Å². The van der Waals surface area contributed by atoms with Crippen molar-refractivity contribution in [1.82, 2.24) is 29.5 Å². The van der Waals surface area contributed by atoms with E-state index in [1.54, 1.807) is 45.9 Å². The Morgan fingerprint density at radius 3 is 2.75 bits per heavy atom. The molecule has 0 aliphatic carbocycles. The molecular formula is C28H21Cl2N7O3. The highest BCUT2D eigenvalue weighted by Gasteiger charge is 2.34. The van der Waals surface area contributed by atoms with Gasteiger partial charge in [-0.3, -0.25) is 9.59 Å². The predicted octanol–water partition coefficient (Wildman–Crippen LogP) is 4.91. The molecule has 1 amide bonds. The van der Waals surface area contributed by atoms with E-state index in [1.165, 1.54) is 0 Å². The minimum absolute atomic E-state index is 0.0186. The summed E-state index contributed by atoms with van der Waals surface area (Å²) in [6.07, 6.45) is 4.05. The number of nitrogens with one attached hydrogen (secondary N) is 2. The Morgan fingerprint density at radius 2 is 1.93 bits per heavy atom. The molecule has 0 fully saturated rings. The second kappa shape index (κ2) is 9.35. The van der Waals surface area contributed by atoms with Crippen molar-refractivity contribution in [2.45, 2.75) is 19.4 Å². The van der Waals surface area contributed by atoms with Crippen LogP contribution in [0.25, 0.3) is 28.1 Å². The monoisotopic (exact) mass is 573 g/mol. The van der Waals surface area contributed by atoms with Gasteiger partial charge in [0.2, 0.25) is 0 Å². The van der Waals surface area contributed by atoms with Crippen molar-refractivity contribution >= 4 is 34.8 Å². The highest BCUT2D eigenvalue weighted by atomic mass is 35.5. The molecule has 0 unspecified atom stereocenters. The highest BCUT2D eigenvalue weighted by Crippen LogP contribution is 2.38. The SMILES string of the molecule is C[C@H]1Cc2cc(-c3cc(Cl)ccc3-n3cc(Cl)nn3)cc(=O)n2[C@@H]1c1ncc(-c2ccc3c(c2)OCC(=O)N3)[nH]1. The molecule has 200 valence electrons. The average Bonchev–Trinajstić information content (AvgIpc) is 3.66. The first-order valence-corrected chi connectivity index (χ1v) is 13.4. The largest absolute Gasteiger partial charge is 0.482 e. The van der Waals surface area contributed by atoms with Gasteiger partial charge in [0.1, 0.15) is 11.6 Å². The first-order valence-electron chi connectivity index (χ1n) is 12.6. The van der Waals surface area contributed by atoms with Crippen molar-refractivity contribution in [3.05, 3.63) is 93.0 Å². The van der Waals surface area contributed by atoms with Crippen LogP contribution in [0.4, 0.5) is 5.69 Å². The second-order valence-corrected chi connectivity index (χ2v) is 10.8. The molecule has 2 aromatic carbocycles. The van der Waals surface area contributed by atoms with Crippen LogP contribution in [0.2, 0.25) is 10.2 Å². The second-order valence-electron chi connectivity index (χ2n) is 9.95. The van der Waals surface area contributed by atoms with E-state index in [0.717, 1.165) is 28.1 Å². The maximum absolute atomic E-state index is 13.6. The van der Waals surface area contributed by atoms with Gasteiger partial charge < -0.3 is 19.6 Å². The summed E-state index contributed by atoms with van der Waals surface area (Å²) in [5.74, 6) is 1.24. The lowest BCUT2D eigenvalue weighted by Gasteiger charge is -2.18. The van der Waals surface area contributed by atoms with Gasteiger partial charge in [-0.25, -0.2) is 9.67 Å². The van der Waals surface area contributed by atoms with Gasteiger partial charge in [0.15, 0.2) is 11.8 Å². The first kappa shape index (κ1) is 24.6. The number of fused-ring (bicyclic) bond motifs is 2. The van der Waals surface area contributed by atoms with Gasteiger partial charge in [-0.05, 0) is 54.3 Å². The van der Waals surface area contributed by atoms with E-state index in [4.69, 9.17) is 27.9 Å². The molecule has 0 saturated heterocycles. The Morgan fingerprint density at radius 1 is 1.05 bits per heavy atom. The van der Waals surface area contributed by atoms with Crippen LogP contribution in [0, 0.1) is 5.92 Å². The smallest absolute Gasteiger partial charge is 0.262 e. The molecule has 10 nitrogen and oxygen atoms in total. The molecule has 0 radical (unpaired) electrons. The standard InChI is InChI=1S/C28H21Cl2N7O3/c1-14-6-18-7-16(19-10-17(29)3-5-22(19)36-12-24(30)34-35-36)9-26(39)37(18)27(14)28-31-11-21(33-28)15-2-4-20-23(8-15)40-13-25(38)32-20/h2-5,7-12,14,27H,6,13H2,1H3,(H,31,33)(H,32,38)/t14-,27-/m0/s1. The maximum atomic E-state index is 13.6. The zero-order valence-electron chi connectivity index (χ0n) is 21.1. The summed E-state index contributed by atoms with van der Waals surface area (Å²) >= 11 is 12.4. The van der Waals surface area contributed by atoms with Gasteiger partial charge in [0.05, 0.1) is 35.5 Å². The Labute approximate surface area is 237 Å². The molecule has 7 rings (SSSR count). The number of carbonyl (C=O) groups excluding carboxylic acids is 1. The highest BCUT2D eigenvalue weighted by molar-refractivity contribution is 6.31. The number of ether oxygens (including phenoxy) is 1. The van der Waals surface area contributed by atoms with Gasteiger partial charge >= 0.3 is 0 Å². The van der Waals surface area contributed by atoms with Crippen molar-refractivity contribution in [2.24, 2.45) is 5.92 Å². The number of hydrogen-bond acceptors (Lipinski definition) is 6. The molecular weight excluding hydrogens is 553 g/mol. The molecule has 12 heteroatoms. The predicted molar refractivity (Wildman–Crippen MR) is 150 cm³/mol. The molecule has 3 aromatic heterocycles. The summed E-state index contributed by atoms with van der Waals surface area (Å²) in [5.41, 5.74) is 5.24. The van der Waals surface area contributed by atoms with Crippen LogP contribution in [-0.2, 0) is 11.2 Å². The van der Waals surface area contributed by atoms with Gasteiger partial charge in [-0.15, -0.1) is 5.10 Å². The third-order valence-corrected chi connectivity index (χ3v) is 7.69. The molecule has 2 N–H and O–H groups in total. The van der Waals surface area contributed by atoms with Crippen LogP contribution < -0.4 is 15.6 Å². The van der Waals surface area contributed by atoms with E-state index < -0.39 is 0 Å². The molecule has 40 heavy (non-hydrogen) atoms. The number of halogens is 2. The molecule has 2 atom stereocenters. The van der Waals surface area contributed by atoms with Crippen LogP contribution >= 0.6 is 23.2 Å². The lowest BCUT2D eigenvalue weighted by Crippen LogP contribution is -2.26. The third-order valence-electron chi connectivity index (χ3n) is 7.28. The minimum Gasteiger partial charge on any atom is -0.482 e. The lowest BCUT2D eigenvalue weighted by molar-refractivity contribution is -0.118. The van der Waals surface area contributed by atoms with Crippen molar-refractivity contribution in [1.29, 1.82) is 0 Å². The third kappa shape index (κ3) is 4.16. The summed E-state index contributed by atoms with van der Waals surface area (Å²) in [4.78, 5) is 33.3. The first-order chi connectivity index (χ1) is 19.3. The van der Waals surface area contributed by atoms with Crippen LogP contribution in [-0.4, -0.2) is 42.0 Å². The Bertz CT molecular complexity index is 1880. The van der Waals surface area contributed by atoms with Crippen molar-refractivity contribution in [3.8, 4) is 33.8 Å². The number of anilines is 1. The fourth-order valence-corrected chi connectivity index (χ4v) is 5.83. The fourth-order valence-electron chi connectivity index (χ4n) is 5.53. The normalized spacial score (nSPS) is 17.7. The van der Waals surface area contributed by atoms with Gasteiger partial charge in [-0.1, -0.05) is 41.4 Å². The van der Waals surface area contributed by atoms with Gasteiger partial charge in [0.25, 0.3) is 11.5 Å². The van der Waals surface area contributed by atoms with E-state index in [9.17, 15) is 9.59 Å². The lowest BCUT2D eigenvalue weighted by atomic mass is 10.0. The topological polar surface area (TPSA) is 120 Å². The number of amides is 1. The number of nitrogens with zero attached hydrogens (tertiary/aromatic N) is 5. The summed E-state index contributed by atoms with van der Waals surface area (Å²) < 4.78 is 8.93. The number of carbonyl (C=O) groups is 1. The number of imidazole rings is 1. The van der Waals surface area contributed by atoms with Crippen LogP contribution in [0.1, 0.15) is 24.5 Å². The van der Waals surface area contributed by atoms with Crippen molar-refractivity contribution in [2.75, 3.05) is 11.9 Å². The van der Waals surface area contributed by atoms with Crippen LogP contribution in [0.15, 0.2) is 65.7 Å². The van der Waals surface area contributed by atoms with E-state index >= 15 is 0 Å². The zero-order chi connectivity index (χ0) is 27.5. The zero-order valence-corrected chi connectivity index (χ0v) is 22.6. The van der Waals surface area contributed by atoms with Gasteiger partial charge in [-0.2, -0.15) is 0 Å². The molecule has 0 saturated carbocycles. The molecule has 5 aromatic rings. The number of hydrogen-bond donors (Lipinski definition) is 2. The number of pyridine rings is 1. The van der Waals surface area contributed by atoms with Crippen LogP contribution in [0.3, 0.4) is 0 Å². The summed E-state index contributed by atoms with van der Waals surface area (Å²) in [6, 6.07) is 14.3. The molecule has 5 heterocycles. The van der Waals surface area contributed by atoms with Gasteiger partial charge in [0, 0.05) is 27.9 Å². The van der Waals surface area contributed by atoms with Crippen molar-refractivity contribution < 1.29 is 9.53 Å². The maximum Gasteiger partial charge on any atom is 0.262 e.